The molecule has 25 atom stereocenters. The molecule has 1 unspecified atom stereocenters. The molecule has 7 fully saturated rings. The molecule has 3 aliphatic heterocycles. The molecule has 0 spiro atoms. The third-order valence-electron chi connectivity index (χ3n) is 21.6. The summed E-state index contributed by atoms with van der Waals surface area (Å²) < 4.78 is 49.2. The number of ether oxygens (including phenoxy) is 8. The highest BCUT2D eigenvalue weighted by atomic mass is 16.8. The van der Waals surface area contributed by atoms with Crippen molar-refractivity contribution in [3.05, 3.63) is 34.9 Å². The monoisotopic (exact) mass is 1170 g/mol. The predicted octanol–water partition coefficient (Wildman–Crippen LogP) is 2.76. The first kappa shape index (κ1) is 65.5. The normalized spacial score (nSPS) is 47.0. The zero-order valence-electron chi connectivity index (χ0n) is 50.0. The van der Waals surface area contributed by atoms with E-state index < -0.39 is 175 Å². The van der Waals surface area contributed by atoms with Crippen molar-refractivity contribution in [2.75, 3.05) is 26.4 Å². The zero-order chi connectivity index (χ0) is 60.4. The maximum absolute atomic E-state index is 14.1. The Labute approximate surface area is 482 Å². The van der Waals surface area contributed by atoms with Crippen molar-refractivity contribution in [3.63, 3.8) is 0 Å². The van der Waals surface area contributed by atoms with Crippen molar-refractivity contribution < 1.29 is 104 Å². The topological polar surface area (TPSA) is 331 Å². The fourth-order valence-electron chi connectivity index (χ4n) is 16.8. The number of fused-ring (bicyclic) bond motifs is 7. The molecule has 3 saturated heterocycles. The van der Waals surface area contributed by atoms with Gasteiger partial charge in [0, 0.05) is 11.5 Å². The van der Waals surface area contributed by atoms with Gasteiger partial charge in [0.1, 0.15) is 67.1 Å². The lowest BCUT2D eigenvalue weighted by atomic mass is 9.32. The molecule has 21 nitrogen and oxygen atoms in total. The standard InChI is InChI=1S/C61H98O21/c1-12-13-23-75-52(74)49-47(80-53-44(69)42(67)35(28-63)77-53)46(71)48(81-54-45(70)43(68)41(66)34(27-62)76-54)55(82-49)79-38-20-21-58(9)36(57(38,7)8)19-22-59(10)37(58)18-17-32-33-25-56(5,6)26-39(61(33,29-64)51(73)50(72)60(32,59)11)78-40(65)24-31(4)16-14-15-30(2)3/h15,17,24,33-39,41-51,53-55,62-64,66-73H,12-14,16,18-23,25-29H2,1-11H3/b31-24-/t33-,34+,35+,36?,37+,38-,39-,41+,42+,43-,44-,45+,46-,47-,48+,49-,50-,51+,53+,54-,55+,58-,59+,60-,61+/m0/s1. The number of hydrogen-bond acceptors (Lipinski definition) is 21. The van der Waals surface area contributed by atoms with E-state index in [1.54, 1.807) is 0 Å². The minimum atomic E-state index is -1.96. The number of aliphatic hydroxyl groups is 11. The van der Waals surface area contributed by atoms with Gasteiger partial charge < -0.3 is 94.1 Å². The van der Waals surface area contributed by atoms with Crippen LogP contribution in [-0.2, 0) is 47.5 Å². The van der Waals surface area contributed by atoms with Gasteiger partial charge in [0.05, 0.1) is 50.2 Å². The molecule has 82 heavy (non-hydrogen) atoms. The van der Waals surface area contributed by atoms with Crippen LogP contribution < -0.4 is 0 Å². The Morgan fingerprint density at radius 2 is 1.32 bits per heavy atom. The van der Waals surface area contributed by atoms with Crippen LogP contribution in [0.1, 0.15) is 147 Å². The quantitative estimate of drug-likeness (QED) is 0.0309. The van der Waals surface area contributed by atoms with Crippen molar-refractivity contribution >= 4 is 11.9 Å². The molecular formula is C61H98O21. The van der Waals surface area contributed by atoms with E-state index in [4.69, 9.17) is 37.9 Å². The smallest absolute Gasteiger partial charge is 0.338 e. The molecule has 0 aromatic carbocycles. The Hall–Kier alpha value is -2.52. The van der Waals surface area contributed by atoms with Crippen LogP contribution >= 0.6 is 0 Å². The van der Waals surface area contributed by atoms with Crippen molar-refractivity contribution in [3.8, 4) is 0 Å². The number of unbranched alkanes of at least 4 members (excludes halogenated alkanes) is 1. The fourth-order valence-corrected chi connectivity index (χ4v) is 16.8. The molecule has 0 bridgehead atoms. The molecule has 3 heterocycles. The van der Waals surface area contributed by atoms with Crippen LogP contribution in [0, 0.1) is 50.2 Å². The van der Waals surface area contributed by atoms with Crippen LogP contribution in [0.3, 0.4) is 0 Å². The van der Waals surface area contributed by atoms with Gasteiger partial charge in [-0.15, -0.1) is 0 Å². The lowest BCUT2D eigenvalue weighted by Gasteiger charge is -2.73. The van der Waals surface area contributed by atoms with Crippen molar-refractivity contribution in [2.24, 2.45) is 50.2 Å². The fraction of sp³-hybridized carbons (Fsp3) is 0.869. The van der Waals surface area contributed by atoms with Gasteiger partial charge >= 0.3 is 11.9 Å². The number of allylic oxidation sites excluding steroid dienone is 4. The molecule has 468 valence electrons. The van der Waals surface area contributed by atoms with E-state index in [0.29, 0.717) is 64.2 Å². The highest BCUT2D eigenvalue weighted by Crippen LogP contribution is 2.76. The molecule has 11 N–H and O–H groups in total. The van der Waals surface area contributed by atoms with E-state index in [9.17, 15) is 65.8 Å². The second-order valence-corrected chi connectivity index (χ2v) is 27.7. The lowest BCUT2D eigenvalue weighted by Crippen LogP contribution is -2.74. The van der Waals surface area contributed by atoms with E-state index >= 15 is 0 Å². The second-order valence-electron chi connectivity index (χ2n) is 27.7. The van der Waals surface area contributed by atoms with Gasteiger partial charge in [-0.25, -0.2) is 9.59 Å². The number of esters is 2. The summed E-state index contributed by atoms with van der Waals surface area (Å²) in [4.78, 5) is 27.9. The van der Waals surface area contributed by atoms with E-state index in [2.05, 4.69) is 60.6 Å². The Balaban J connectivity index is 1.10. The summed E-state index contributed by atoms with van der Waals surface area (Å²) in [7, 11) is 0. The van der Waals surface area contributed by atoms with E-state index in [-0.39, 0.29) is 23.9 Å². The summed E-state index contributed by atoms with van der Waals surface area (Å²) >= 11 is 0. The van der Waals surface area contributed by atoms with Crippen molar-refractivity contribution in [2.45, 2.75) is 257 Å². The number of hydrogen-bond donors (Lipinski definition) is 11. The minimum absolute atomic E-state index is 0.0318. The van der Waals surface area contributed by atoms with Crippen molar-refractivity contribution in [1.29, 1.82) is 0 Å². The number of aliphatic hydroxyl groups excluding tert-OH is 11. The average Bonchev–Trinajstić information content (AvgIpc) is 0.759. The van der Waals surface area contributed by atoms with Crippen LogP contribution in [0.2, 0.25) is 0 Å². The lowest BCUT2D eigenvalue weighted by molar-refractivity contribution is -0.383. The summed E-state index contributed by atoms with van der Waals surface area (Å²) in [6.07, 6.45) is -16.2. The molecule has 0 amide bonds. The van der Waals surface area contributed by atoms with Gasteiger partial charge in [-0.3, -0.25) is 0 Å². The predicted molar refractivity (Wildman–Crippen MR) is 293 cm³/mol. The van der Waals surface area contributed by atoms with Gasteiger partial charge in [-0.1, -0.05) is 90.7 Å². The molecule has 5 aliphatic carbocycles. The summed E-state index contributed by atoms with van der Waals surface area (Å²) in [5.74, 6) is -2.07. The Morgan fingerprint density at radius 3 is 1.93 bits per heavy atom. The summed E-state index contributed by atoms with van der Waals surface area (Å²) in [5, 5.41) is 124. The van der Waals surface area contributed by atoms with Crippen LogP contribution in [-0.4, -0.2) is 205 Å². The highest BCUT2D eigenvalue weighted by molar-refractivity contribution is 5.83. The molecule has 8 rings (SSSR count). The first-order valence-electron chi connectivity index (χ1n) is 30.0. The summed E-state index contributed by atoms with van der Waals surface area (Å²) in [6.45, 7) is 20.8. The van der Waals surface area contributed by atoms with Crippen LogP contribution in [0.25, 0.3) is 0 Å². The van der Waals surface area contributed by atoms with Gasteiger partial charge in [-0.05, 0) is 124 Å². The SMILES string of the molecule is CCCCOC(=O)[C@H]1O[C@@H](O[C@H]2CC[C@@]3(C)C(CC[C@]4(C)[C@@H]3CC=C3[C@@H]5CC(C)(C)C[C@H](OC(=O)/C=C(/C)CCC=C(C)C)[C@]5(CO)[C@H](O)[C@H](O)[C@]34C)C2(C)C)[C@H](O[C@@H]2O[C@H](CO)[C@@H](O)[C@H](O)[C@H]2O)[C@@H](O)[C@@H]1O[C@H]1O[C@H](CO)[C@@H](O)[C@@H]1O. The molecule has 0 aromatic heterocycles. The Morgan fingerprint density at radius 1 is 0.695 bits per heavy atom. The summed E-state index contributed by atoms with van der Waals surface area (Å²) in [5.41, 5.74) is -1.45. The number of carbonyl (C=O) groups excluding carboxylic acids is 2. The Bertz CT molecular complexity index is 2340. The third-order valence-corrected chi connectivity index (χ3v) is 21.6. The molecule has 0 aromatic rings. The average molecular weight is 1170 g/mol. The van der Waals surface area contributed by atoms with Crippen molar-refractivity contribution in [1.82, 2.24) is 0 Å². The third kappa shape index (κ3) is 11.4. The Kier molecular flexibility index (Phi) is 19.9. The van der Waals surface area contributed by atoms with E-state index in [1.807, 2.05) is 27.7 Å². The number of rotatable bonds is 18. The van der Waals surface area contributed by atoms with Crippen LogP contribution in [0.5, 0.6) is 0 Å². The van der Waals surface area contributed by atoms with Gasteiger partial charge in [0.25, 0.3) is 0 Å². The van der Waals surface area contributed by atoms with Gasteiger partial charge in [0.2, 0.25) is 0 Å². The molecule has 21 heteroatoms. The zero-order valence-corrected chi connectivity index (χ0v) is 50.0. The maximum atomic E-state index is 14.1. The highest BCUT2D eigenvalue weighted by Gasteiger charge is 2.75. The molecular weight excluding hydrogens is 1070 g/mol. The molecule has 8 aliphatic rings. The summed E-state index contributed by atoms with van der Waals surface area (Å²) in [6, 6.07) is 0. The first-order chi connectivity index (χ1) is 38.4. The molecule has 4 saturated carbocycles. The largest absolute Gasteiger partial charge is 0.464 e. The number of carbonyl (C=O) groups is 2. The first-order valence-corrected chi connectivity index (χ1v) is 30.0. The minimum Gasteiger partial charge on any atom is -0.464 e. The van der Waals surface area contributed by atoms with E-state index in [0.717, 1.165) is 17.6 Å². The van der Waals surface area contributed by atoms with Crippen LogP contribution in [0.15, 0.2) is 34.9 Å². The van der Waals surface area contributed by atoms with E-state index in [1.165, 1.54) is 11.6 Å². The van der Waals surface area contributed by atoms with Crippen LogP contribution in [0.4, 0.5) is 0 Å². The maximum Gasteiger partial charge on any atom is 0.338 e. The molecule has 0 radical (unpaired) electrons. The van der Waals surface area contributed by atoms with Gasteiger partial charge in [-0.2, -0.15) is 0 Å². The van der Waals surface area contributed by atoms with Gasteiger partial charge in [0.15, 0.2) is 25.0 Å². The second kappa shape index (κ2) is 24.9.